The Hall–Kier alpha value is -0.100. The maximum absolute atomic E-state index is 5.89. The van der Waals surface area contributed by atoms with Gasteiger partial charge in [0.15, 0.2) is 0 Å². The van der Waals surface area contributed by atoms with Crippen LogP contribution >= 0.6 is 31.9 Å². The predicted octanol–water partition coefficient (Wildman–Crippen LogP) is 4.91. The zero-order valence-electron chi connectivity index (χ0n) is 13.3. The fourth-order valence-electron chi connectivity index (χ4n) is 1.76. The van der Waals surface area contributed by atoms with E-state index in [9.17, 15) is 0 Å². The largest absolute Gasteiger partial charge is 0.491 e. The van der Waals surface area contributed by atoms with Crippen LogP contribution in [0.3, 0.4) is 0 Å². The highest BCUT2D eigenvalue weighted by molar-refractivity contribution is 9.11. The van der Waals surface area contributed by atoms with Gasteiger partial charge in [0.25, 0.3) is 0 Å². The number of ether oxygens (including phenoxy) is 2. The Balaban J connectivity index is 2.63. The van der Waals surface area contributed by atoms with Gasteiger partial charge in [-0.05, 0) is 76.4 Å². The van der Waals surface area contributed by atoms with E-state index < -0.39 is 0 Å². The van der Waals surface area contributed by atoms with Gasteiger partial charge in [-0.1, -0.05) is 6.92 Å². The lowest BCUT2D eigenvalue weighted by Gasteiger charge is -2.23. The SMILES string of the molecule is CCCNCc1cc(Br)c(OCCC(C)(C)OC)c(Br)c1. The minimum Gasteiger partial charge on any atom is -0.491 e. The van der Waals surface area contributed by atoms with Crippen LogP contribution in [0.2, 0.25) is 0 Å². The lowest BCUT2D eigenvalue weighted by atomic mass is 10.1. The van der Waals surface area contributed by atoms with Gasteiger partial charge in [0.2, 0.25) is 0 Å². The van der Waals surface area contributed by atoms with E-state index in [0.717, 1.165) is 40.6 Å². The van der Waals surface area contributed by atoms with Crippen molar-refractivity contribution in [1.82, 2.24) is 5.32 Å². The van der Waals surface area contributed by atoms with Gasteiger partial charge >= 0.3 is 0 Å². The van der Waals surface area contributed by atoms with E-state index in [4.69, 9.17) is 9.47 Å². The van der Waals surface area contributed by atoms with Crippen LogP contribution in [0.5, 0.6) is 5.75 Å². The first-order valence-corrected chi connectivity index (χ1v) is 8.85. The number of rotatable bonds is 9. The number of halogens is 2. The van der Waals surface area contributed by atoms with E-state index in [-0.39, 0.29) is 5.60 Å². The Labute approximate surface area is 145 Å². The van der Waals surface area contributed by atoms with Crippen LogP contribution in [0.1, 0.15) is 39.2 Å². The summed E-state index contributed by atoms with van der Waals surface area (Å²) in [7, 11) is 1.73. The maximum Gasteiger partial charge on any atom is 0.147 e. The molecule has 0 spiro atoms. The molecule has 0 unspecified atom stereocenters. The Morgan fingerprint density at radius 2 is 1.81 bits per heavy atom. The van der Waals surface area contributed by atoms with Gasteiger partial charge in [-0.2, -0.15) is 0 Å². The molecule has 0 saturated carbocycles. The van der Waals surface area contributed by atoms with Crippen molar-refractivity contribution in [2.24, 2.45) is 0 Å². The Bertz CT molecular complexity index is 427. The molecular formula is C16H25Br2NO2. The van der Waals surface area contributed by atoms with Crippen molar-refractivity contribution in [2.75, 3.05) is 20.3 Å². The van der Waals surface area contributed by atoms with Gasteiger partial charge < -0.3 is 14.8 Å². The first-order chi connectivity index (χ1) is 9.89. The molecule has 0 bridgehead atoms. The summed E-state index contributed by atoms with van der Waals surface area (Å²) in [6, 6.07) is 4.20. The molecule has 0 saturated heterocycles. The van der Waals surface area contributed by atoms with E-state index in [1.165, 1.54) is 5.56 Å². The van der Waals surface area contributed by atoms with E-state index in [0.29, 0.717) is 6.61 Å². The van der Waals surface area contributed by atoms with Gasteiger partial charge in [-0.25, -0.2) is 0 Å². The molecule has 0 fully saturated rings. The summed E-state index contributed by atoms with van der Waals surface area (Å²) in [6.45, 7) is 8.79. The molecular weight excluding hydrogens is 398 g/mol. The molecule has 0 aliphatic heterocycles. The molecule has 1 rings (SSSR count). The van der Waals surface area contributed by atoms with Crippen LogP contribution in [0.25, 0.3) is 0 Å². The van der Waals surface area contributed by atoms with Crippen molar-refractivity contribution < 1.29 is 9.47 Å². The molecule has 1 aromatic rings. The lowest BCUT2D eigenvalue weighted by molar-refractivity contribution is 0.00533. The van der Waals surface area contributed by atoms with Gasteiger partial charge in [-0.15, -0.1) is 0 Å². The molecule has 120 valence electrons. The van der Waals surface area contributed by atoms with Gasteiger partial charge in [0.1, 0.15) is 5.75 Å². The molecule has 21 heavy (non-hydrogen) atoms. The smallest absolute Gasteiger partial charge is 0.147 e. The third-order valence-electron chi connectivity index (χ3n) is 3.32. The number of nitrogens with one attached hydrogen (secondary N) is 1. The summed E-state index contributed by atoms with van der Waals surface area (Å²) in [5, 5.41) is 3.40. The average molecular weight is 423 g/mol. The third-order valence-corrected chi connectivity index (χ3v) is 4.50. The van der Waals surface area contributed by atoms with Crippen LogP contribution in [-0.4, -0.2) is 25.9 Å². The van der Waals surface area contributed by atoms with E-state index in [1.54, 1.807) is 7.11 Å². The monoisotopic (exact) mass is 421 g/mol. The fraction of sp³-hybridized carbons (Fsp3) is 0.625. The van der Waals surface area contributed by atoms with Gasteiger partial charge in [0, 0.05) is 20.1 Å². The van der Waals surface area contributed by atoms with Crippen LogP contribution in [0.15, 0.2) is 21.1 Å². The summed E-state index contributed by atoms with van der Waals surface area (Å²) >= 11 is 7.18. The molecule has 0 aliphatic carbocycles. The summed E-state index contributed by atoms with van der Waals surface area (Å²) in [4.78, 5) is 0. The van der Waals surface area contributed by atoms with Gasteiger partial charge in [0.05, 0.1) is 21.2 Å². The standard InChI is InChI=1S/C16H25Br2NO2/c1-5-7-19-11-12-9-13(17)15(14(18)10-12)21-8-6-16(2,3)20-4/h9-10,19H,5-8,11H2,1-4H3. The second-order valence-corrected chi connectivity index (χ2v) is 7.34. The number of hydrogen-bond acceptors (Lipinski definition) is 3. The minimum absolute atomic E-state index is 0.164. The molecule has 0 amide bonds. The highest BCUT2D eigenvalue weighted by Gasteiger charge is 2.17. The second-order valence-electron chi connectivity index (χ2n) is 5.63. The van der Waals surface area contributed by atoms with E-state index in [1.807, 2.05) is 0 Å². The fourth-order valence-corrected chi connectivity index (χ4v) is 3.27. The molecule has 5 heteroatoms. The molecule has 0 radical (unpaired) electrons. The highest BCUT2D eigenvalue weighted by atomic mass is 79.9. The van der Waals surface area contributed by atoms with Crippen molar-refractivity contribution in [3.63, 3.8) is 0 Å². The minimum atomic E-state index is -0.164. The summed E-state index contributed by atoms with van der Waals surface area (Å²) < 4.78 is 13.2. The van der Waals surface area contributed by atoms with Crippen LogP contribution < -0.4 is 10.1 Å². The van der Waals surface area contributed by atoms with Crippen molar-refractivity contribution >= 4 is 31.9 Å². The highest BCUT2D eigenvalue weighted by Crippen LogP contribution is 2.35. The molecule has 1 N–H and O–H groups in total. The van der Waals surface area contributed by atoms with Crippen molar-refractivity contribution in [3.05, 3.63) is 26.6 Å². The summed E-state index contributed by atoms with van der Waals surface area (Å²) in [5.41, 5.74) is 1.06. The Morgan fingerprint density at radius 3 is 2.33 bits per heavy atom. The first kappa shape index (κ1) is 18.9. The third kappa shape index (κ3) is 6.68. The van der Waals surface area contributed by atoms with Gasteiger partial charge in [-0.3, -0.25) is 0 Å². The Kier molecular flexibility index (Phi) is 8.24. The number of hydrogen-bond donors (Lipinski definition) is 1. The molecule has 1 aromatic carbocycles. The Morgan fingerprint density at radius 1 is 1.19 bits per heavy atom. The zero-order chi connectivity index (χ0) is 15.9. The zero-order valence-corrected chi connectivity index (χ0v) is 16.4. The first-order valence-electron chi connectivity index (χ1n) is 7.26. The molecule has 0 aliphatic rings. The topological polar surface area (TPSA) is 30.5 Å². The molecule has 0 atom stereocenters. The average Bonchev–Trinajstić information content (AvgIpc) is 2.42. The van der Waals surface area contributed by atoms with Crippen molar-refractivity contribution in [3.8, 4) is 5.75 Å². The number of methoxy groups -OCH3 is 1. The molecule has 0 heterocycles. The number of benzene rings is 1. The normalized spacial score (nSPS) is 11.7. The van der Waals surface area contributed by atoms with Crippen LogP contribution in [0.4, 0.5) is 0 Å². The molecule has 0 aromatic heterocycles. The summed E-state index contributed by atoms with van der Waals surface area (Å²) in [6.07, 6.45) is 1.97. The van der Waals surface area contributed by atoms with Crippen LogP contribution in [-0.2, 0) is 11.3 Å². The van der Waals surface area contributed by atoms with Crippen LogP contribution in [0, 0.1) is 0 Å². The summed E-state index contributed by atoms with van der Waals surface area (Å²) in [5.74, 6) is 0.848. The van der Waals surface area contributed by atoms with E-state index in [2.05, 4.69) is 70.1 Å². The lowest BCUT2D eigenvalue weighted by Crippen LogP contribution is -2.25. The molecule has 3 nitrogen and oxygen atoms in total. The van der Waals surface area contributed by atoms with Crippen molar-refractivity contribution in [2.45, 2.75) is 45.8 Å². The van der Waals surface area contributed by atoms with Crippen molar-refractivity contribution in [1.29, 1.82) is 0 Å². The maximum atomic E-state index is 5.89. The quantitative estimate of drug-likeness (QED) is 0.573. The van der Waals surface area contributed by atoms with E-state index >= 15 is 0 Å². The second kappa shape index (κ2) is 9.13. The predicted molar refractivity (Wildman–Crippen MR) is 95.0 cm³/mol.